The van der Waals surface area contributed by atoms with Crippen LogP contribution in [0.2, 0.25) is 0 Å². The van der Waals surface area contributed by atoms with Gasteiger partial charge in [0, 0.05) is 13.1 Å². The van der Waals surface area contributed by atoms with E-state index in [1.54, 1.807) is 19.2 Å². The molecule has 2 N–H and O–H groups in total. The summed E-state index contributed by atoms with van der Waals surface area (Å²) in [4.78, 5) is 13.4. The molecule has 5 nitrogen and oxygen atoms in total. The Morgan fingerprint density at radius 2 is 1.83 bits per heavy atom. The van der Waals surface area contributed by atoms with Crippen LogP contribution in [0.15, 0.2) is 24.3 Å². The molecule has 2 atom stereocenters. The molecule has 98 valence electrons. The Balaban J connectivity index is 1.94. The van der Waals surface area contributed by atoms with Gasteiger partial charge in [0.05, 0.1) is 25.7 Å². The monoisotopic (exact) mass is 251 g/mol. The van der Waals surface area contributed by atoms with Crippen LogP contribution in [0.25, 0.3) is 0 Å². The molecular formula is C13H17NO4. The smallest absolute Gasteiger partial charge is 0.227 e. The minimum atomic E-state index is -0.829. The molecule has 0 saturated carbocycles. The summed E-state index contributed by atoms with van der Waals surface area (Å²) >= 11 is 0. The number of likely N-dealkylation sites (tertiary alicyclic amines) is 1. The van der Waals surface area contributed by atoms with Crippen molar-refractivity contribution in [1.29, 1.82) is 0 Å². The summed E-state index contributed by atoms with van der Waals surface area (Å²) in [5.74, 6) is 0.661. The van der Waals surface area contributed by atoms with Gasteiger partial charge in [0.15, 0.2) is 0 Å². The number of amides is 1. The van der Waals surface area contributed by atoms with Crippen molar-refractivity contribution in [2.24, 2.45) is 0 Å². The lowest BCUT2D eigenvalue weighted by molar-refractivity contribution is -0.129. The van der Waals surface area contributed by atoms with Crippen LogP contribution in [0.4, 0.5) is 0 Å². The molecule has 5 heteroatoms. The second-order valence-electron chi connectivity index (χ2n) is 4.46. The van der Waals surface area contributed by atoms with E-state index in [1.807, 2.05) is 12.1 Å². The van der Waals surface area contributed by atoms with Crippen molar-refractivity contribution in [3.05, 3.63) is 29.8 Å². The van der Waals surface area contributed by atoms with Crippen LogP contribution in [0, 0.1) is 0 Å². The van der Waals surface area contributed by atoms with E-state index in [2.05, 4.69) is 0 Å². The zero-order valence-corrected chi connectivity index (χ0v) is 10.2. The molecule has 2 unspecified atom stereocenters. The highest BCUT2D eigenvalue weighted by molar-refractivity contribution is 5.79. The Morgan fingerprint density at radius 1 is 1.28 bits per heavy atom. The van der Waals surface area contributed by atoms with E-state index in [4.69, 9.17) is 4.74 Å². The van der Waals surface area contributed by atoms with Crippen LogP contribution >= 0.6 is 0 Å². The summed E-state index contributed by atoms with van der Waals surface area (Å²) < 4.78 is 5.04. The van der Waals surface area contributed by atoms with E-state index < -0.39 is 12.2 Å². The van der Waals surface area contributed by atoms with Gasteiger partial charge in [0.25, 0.3) is 0 Å². The number of ether oxygens (including phenoxy) is 1. The first-order chi connectivity index (χ1) is 8.60. The van der Waals surface area contributed by atoms with E-state index in [9.17, 15) is 15.0 Å². The lowest BCUT2D eigenvalue weighted by Crippen LogP contribution is -2.31. The summed E-state index contributed by atoms with van der Waals surface area (Å²) in [6, 6.07) is 7.27. The van der Waals surface area contributed by atoms with Crippen molar-refractivity contribution in [1.82, 2.24) is 4.90 Å². The van der Waals surface area contributed by atoms with Crippen molar-refractivity contribution in [2.75, 3.05) is 20.2 Å². The quantitative estimate of drug-likeness (QED) is 0.780. The number of hydrogen-bond acceptors (Lipinski definition) is 4. The summed E-state index contributed by atoms with van der Waals surface area (Å²) in [6.45, 7) is 0.409. The highest BCUT2D eigenvalue weighted by Crippen LogP contribution is 2.15. The van der Waals surface area contributed by atoms with E-state index in [0.29, 0.717) is 0 Å². The Morgan fingerprint density at radius 3 is 2.33 bits per heavy atom. The van der Waals surface area contributed by atoms with Gasteiger partial charge in [-0.3, -0.25) is 4.79 Å². The van der Waals surface area contributed by atoms with Gasteiger partial charge in [-0.15, -0.1) is 0 Å². The number of carbonyl (C=O) groups excluding carboxylic acids is 1. The second-order valence-corrected chi connectivity index (χ2v) is 4.46. The van der Waals surface area contributed by atoms with Gasteiger partial charge in [0.2, 0.25) is 5.91 Å². The average molecular weight is 251 g/mol. The fraction of sp³-hybridized carbons (Fsp3) is 0.462. The van der Waals surface area contributed by atoms with Crippen molar-refractivity contribution >= 4 is 5.91 Å². The van der Waals surface area contributed by atoms with Crippen molar-refractivity contribution in [3.8, 4) is 5.75 Å². The Hall–Kier alpha value is -1.59. The third-order valence-corrected chi connectivity index (χ3v) is 3.13. The summed E-state index contributed by atoms with van der Waals surface area (Å²) in [6.07, 6.45) is -1.39. The van der Waals surface area contributed by atoms with E-state index >= 15 is 0 Å². The SMILES string of the molecule is COc1ccc(CC(=O)N2CC(O)C(O)C2)cc1. The van der Waals surface area contributed by atoms with Gasteiger partial charge in [-0.1, -0.05) is 12.1 Å². The van der Waals surface area contributed by atoms with Crippen molar-refractivity contribution in [3.63, 3.8) is 0 Å². The van der Waals surface area contributed by atoms with Gasteiger partial charge in [-0.25, -0.2) is 0 Å². The molecule has 1 aliphatic rings. The van der Waals surface area contributed by atoms with Crippen molar-refractivity contribution in [2.45, 2.75) is 18.6 Å². The lowest BCUT2D eigenvalue weighted by Gasteiger charge is -2.15. The standard InChI is InChI=1S/C13H17NO4/c1-18-10-4-2-9(3-5-10)6-13(17)14-7-11(15)12(16)8-14/h2-5,11-12,15-16H,6-8H2,1H3. The molecule has 2 rings (SSSR count). The van der Waals surface area contributed by atoms with Gasteiger partial charge in [-0.05, 0) is 17.7 Å². The topological polar surface area (TPSA) is 70.0 Å². The van der Waals surface area contributed by atoms with Crippen LogP contribution in [-0.4, -0.2) is 53.4 Å². The lowest BCUT2D eigenvalue weighted by atomic mass is 10.1. The van der Waals surface area contributed by atoms with Crippen LogP contribution in [-0.2, 0) is 11.2 Å². The predicted molar refractivity (Wildman–Crippen MR) is 65.3 cm³/mol. The highest BCUT2D eigenvalue weighted by atomic mass is 16.5. The molecule has 1 aromatic carbocycles. The summed E-state index contributed by atoms with van der Waals surface area (Å²) in [5.41, 5.74) is 0.886. The maximum Gasteiger partial charge on any atom is 0.227 e. The summed E-state index contributed by atoms with van der Waals surface area (Å²) in [5, 5.41) is 18.8. The number of rotatable bonds is 3. The fourth-order valence-corrected chi connectivity index (χ4v) is 2.00. The zero-order valence-electron chi connectivity index (χ0n) is 10.2. The van der Waals surface area contributed by atoms with E-state index in [1.165, 1.54) is 4.90 Å². The molecule has 0 aromatic heterocycles. The number of β-amino-alcohol motifs (C(OH)–C–C–N with tert-alkyl or cyclic N) is 2. The maximum atomic E-state index is 11.9. The number of nitrogens with zero attached hydrogens (tertiary/aromatic N) is 1. The first-order valence-electron chi connectivity index (χ1n) is 5.87. The minimum Gasteiger partial charge on any atom is -0.497 e. The molecule has 18 heavy (non-hydrogen) atoms. The molecule has 1 aromatic rings. The van der Waals surface area contributed by atoms with Gasteiger partial charge < -0.3 is 19.8 Å². The molecule has 1 fully saturated rings. The summed E-state index contributed by atoms with van der Waals surface area (Å²) in [7, 11) is 1.59. The van der Waals surface area contributed by atoms with Crippen molar-refractivity contribution < 1.29 is 19.7 Å². The number of aliphatic hydroxyl groups is 2. The van der Waals surface area contributed by atoms with Crippen LogP contribution in [0.5, 0.6) is 5.75 Å². The van der Waals surface area contributed by atoms with Crippen LogP contribution in [0.1, 0.15) is 5.56 Å². The number of aliphatic hydroxyl groups excluding tert-OH is 2. The van der Waals surface area contributed by atoms with Gasteiger partial charge in [-0.2, -0.15) is 0 Å². The molecule has 1 aliphatic heterocycles. The first-order valence-corrected chi connectivity index (χ1v) is 5.87. The molecule has 0 radical (unpaired) electrons. The molecular weight excluding hydrogens is 234 g/mol. The number of carbonyl (C=O) groups is 1. The zero-order chi connectivity index (χ0) is 13.1. The Kier molecular flexibility index (Phi) is 3.84. The third-order valence-electron chi connectivity index (χ3n) is 3.13. The van der Waals surface area contributed by atoms with Crippen LogP contribution in [0.3, 0.4) is 0 Å². The molecule has 0 spiro atoms. The number of benzene rings is 1. The largest absolute Gasteiger partial charge is 0.497 e. The van der Waals surface area contributed by atoms with E-state index in [-0.39, 0.29) is 25.4 Å². The molecule has 1 saturated heterocycles. The van der Waals surface area contributed by atoms with Crippen LogP contribution < -0.4 is 4.74 Å². The van der Waals surface area contributed by atoms with Gasteiger partial charge in [0.1, 0.15) is 5.75 Å². The normalized spacial score (nSPS) is 23.2. The fourth-order valence-electron chi connectivity index (χ4n) is 2.00. The average Bonchev–Trinajstić information content (AvgIpc) is 2.71. The number of methoxy groups -OCH3 is 1. The molecule has 0 bridgehead atoms. The first kappa shape index (κ1) is 12.9. The Labute approximate surface area is 106 Å². The maximum absolute atomic E-state index is 11.9. The van der Waals surface area contributed by atoms with E-state index in [0.717, 1.165) is 11.3 Å². The third kappa shape index (κ3) is 2.80. The molecule has 0 aliphatic carbocycles. The van der Waals surface area contributed by atoms with Gasteiger partial charge >= 0.3 is 0 Å². The molecule has 1 heterocycles. The number of hydrogen-bond donors (Lipinski definition) is 2. The predicted octanol–water partition coefficient (Wildman–Crippen LogP) is -0.198. The minimum absolute atomic E-state index is 0.0873. The Bertz CT molecular complexity index is 408. The highest BCUT2D eigenvalue weighted by Gasteiger charge is 2.32. The second kappa shape index (κ2) is 5.37. The molecule has 1 amide bonds.